The van der Waals surface area contributed by atoms with Gasteiger partial charge in [0.05, 0.1) is 19.2 Å². The molecule has 3 rings (SSSR count). The van der Waals surface area contributed by atoms with Crippen LogP contribution in [0, 0.1) is 12.7 Å². The van der Waals surface area contributed by atoms with Crippen LogP contribution in [0.4, 0.5) is 10.2 Å². The molecule has 0 saturated heterocycles. The van der Waals surface area contributed by atoms with Crippen LogP contribution in [0.5, 0.6) is 5.75 Å². The van der Waals surface area contributed by atoms with Gasteiger partial charge in [0.15, 0.2) is 11.6 Å². The Kier molecular flexibility index (Phi) is 5.17. The van der Waals surface area contributed by atoms with Crippen molar-refractivity contribution in [3.63, 3.8) is 0 Å². The van der Waals surface area contributed by atoms with Gasteiger partial charge in [-0.25, -0.2) is 14.4 Å². The lowest BCUT2D eigenvalue weighted by Gasteiger charge is -2.08. The molecular weight excluding hydrogens is 335 g/mol. The van der Waals surface area contributed by atoms with Crippen molar-refractivity contribution in [2.75, 3.05) is 12.4 Å². The number of halogens is 1. The minimum atomic E-state index is -0.453. The van der Waals surface area contributed by atoms with E-state index in [0.717, 1.165) is 11.1 Å². The van der Waals surface area contributed by atoms with Crippen molar-refractivity contribution in [2.24, 2.45) is 0 Å². The van der Waals surface area contributed by atoms with Gasteiger partial charge in [-0.05, 0) is 42.3 Å². The molecule has 0 saturated carbocycles. The van der Waals surface area contributed by atoms with Crippen molar-refractivity contribution >= 4 is 11.7 Å². The van der Waals surface area contributed by atoms with E-state index in [1.54, 1.807) is 30.6 Å². The number of methoxy groups -OCH3 is 1. The monoisotopic (exact) mass is 352 g/mol. The highest BCUT2D eigenvalue weighted by molar-refractivity contribution is 5.91. The predicted molar refractivity (Wildman–Crippen MR) is 95.3 cm³/mol. The maximum atomic E-state index is 13.6. The number of benzene rings is 1. The normalized spacial score (nSPS) is 10.4. The van der Waals surface area contributed by atoms with Crippen LogP contribution in [0.1, 0.15) is 11.1 Å². The van der Waals surface area contributed by atoms with Gasteiger partial charge in [-0.2, -0.15) is 0 Å². The average molecular weight is 352 g/mol. The van der Waals surface area contributed by atoms with Crippen LogP contribution in [-0.4, -0.2) is 28.0 Å². The van der Waals surface area contributed by atoms with Gasteiger partial charge in [-0.15, -0.1) is 0 Å². The first-order chi connectivity index (χ1) is 12.6. The number of hydrogen-bond acceptors (Lipinski definition) is 5. The summed E-state index contributed by atoms with van der Waals surface area (Å²) in [4.78, 5) is 24.5. The molecule has 0 bridgehead atoms. The van der Waals surface area contributed by atoms with Gasteiger partial charge in [0.1, 0.15) is 12.1 Å². The van der Waals surface area contributed by atoms with E-state index >= 15 is 0 Å². The maximum absolute atomic E-state index is 13.6. The lowest BCUT2D eigenvalue weighted by molar-refractivity contribution is -0.115. The topological polar surface area (TPSA) is 77.0 Å². The number of amides is 1. The Morgan fingerprint density at radius 1 is 1.23 bits per heavy atom. The summed E-state index contributed by atoms with van der Waals surface area (Å²) >= 11 is 0. The van der Waals surface area contributed by atoms with Gasteiger partial charge < -0.3 is 10.1 Å². The Morgan fingerprint density at radius 2 is 2.08 bits per heavy atom. The summed E-state index contributed by atoms with van der Waals surface area (Å²) in [7, 11) is 1.40. The van der Waals surface area contributed by atoms with Crippen molar-refractivity contribution < 1.29 is 13.9 Å². The molecule has 0 spiro atoms. The van der Waals surface area contributed by atoms with Crippen molar-refractivity contribution in [3.8, 4) is 17.0 Å². The molecule has 0 aliphatic rings. The number of aryl methyl sites for hydroxylation is 1. The molecule has 3 aromatic rings. The summed E-state index contributed by atoms with van der Waals surface area (Å²) in [5.41, 5.74) is 3.05. The van der Waals surface area contributed by atoms with Gasteiger partial charge in [0, 0.05) is 24.0 Å². The van der Waals surface area contributed by atoms with Crippen LogP contribution in [0.3, 0.4) is 0 Å². The average Bonchev–Trinajstić information content (AvgIpc) is 2.64. The summed E-state index contributed by atoms with van der Waals surface area (Å²) in [6.45, 7) is 1.93. The fourth-order valence-electron chi connectivity index (χ4n) is 2.44. The summed E-state index contributed by atoms with van der Waals surface area (Å²) in [5.74, 6) is -0.170. The van der Waals surface area contributed by atoms with Crippen molar-refractivity contribution in [3.05, 3.63) is 66.0 Å². The molecule has 0 aliphatic carbocycles. The Hall–Kier alpha value is -3.35. The molecular formula is C19H17FN4O2. The molecule has 0 atom stereocenters. The van der Waals surface area contributed by atoms with Gasteiger partial charge in [-0.3, -0.25) is 9.78 Å². The molecule has 132 valence electrons. The Morgan fingerprint density at radius 3 is 2.85 bits per heavy atom. The predicted octanol–water partition coefficient (Wildman–Crippen LogP) is 3.18. The number of carbonyl (C=O) groups excluding carboxylic acids is 1. The van der Waals surface area contributed by atoms with Gasteiger partial charge in [0.2, 0.25) is 5.91 Å². The first kappa shape index (κ1) is 17.5. The molecule has 1 aromatic carbocycles. The molecule has 0 fully saturated rings. The lowest BCUT2D eigenvalue weighted by atomic mass is 10.1. The highest BCUT2D eigenvalue weighted by Gasteiger charge is 2.10. The van der Waals surface area contributed by atoms with Crippen LogP contribution < -0.4 is 10.1 Å². The third-order valence-electron chi connectivity index (χ3n) is 3.88. The number of anilines is 1. The highest BCUT2D eigenvalue weighted by atomic mass is 19.1. The molecule has 26 heavy (non-hydrogen) atoms. The number of ether oxygens (including phenoxy) is 1. The summed E-state index contributed by atoms with van der Waals surface area (Å²) in [6.07, 6.45) is 4.90. The smallest absolute Gasteiger partial charge is 0.230 e. The molecule has 0 aliphatic heterocycles. The van der Waals surface area contributed by atoms with E-state index in [2.05, 4.69) is 20.3 Å². The summed E-state index contributed by atoms with van der Waals surface area (Å²) in [6, 6.07) is 7.92. The quantitative estimate of drug-likeness (QED) is 0.763. The molecule has 7 heteroatoms. The van der Waals surface area contributed by atoms with E-state index in [9.17, 15) is 9.18 Å². The fourth-order valence-corrected chi connectivity index (χ4v) is 2.44. The fraction of sp³-hybridized carbons (Fsp3) is 0.158. The molecule has 1 amide bonds. The van der Waals surface area contributed by atoms with Gasteiger partial charge >= 0.3 is 0 Å². The minimum absolute atomic E-state index is 0.124. The molecule has 2 aromatic heterocycles. The molecule has 6 nitrogen and oxygen atoms in total. The van der Waals surface area contributed by atoms with Gasteiger partial charge in [0.25, 0.3) is 0 Å². The van der Waals surface area contributed by atoms with E-state index in [0.29, 0.717) is 17.1 Å². The molecule has 0 radical (unpaired) electrons. The summed E-state index contributed by atoms with van der Waals surface area (Å²) in [5, 5.41) is 2.74. The Balaban J connectivity index is 1.77. The SMILES string of the molecule is COc1cc(-c2cc(NC(=O)Cc3cnccc3C)ncn2)ccc1F. The first-order valence-electron chi connectivity index (χ1n) is 7.92. The van der Waals surface area contributed by atoms with E-state index in [1.165, 1.54) is 19.5 Å². The van der Waals surface area contributed by atoms with Crippen molar-refractivity contribution in [2.45, 2.75) is 13.3 Å². The van der Waals surface area contributed by atoms with E-state index in [-0.39, 0.29) is 18.1 Å². The highest BCUT2D eigenvalue weighted by Crippen LogP contribution is 2.25. The number of nitrogens with one attached hydrogen (secondary N) is 1. The second kappa shape index (κ2) is 7.69. The van der Waals surface area contributed by atoms with E-state index in [4.69, 9.17) is 4.74 Å². The number of hydrogen-bond donors (Lipinski definition) is 1. The van der Waals surface area contributed by atoms with E-state index < -0.39 is 5.82 Å². The van der Waals surface area contributed by atoms with Crippen LogP contribution >= 0.6 is 0 Å². The Bertz CT molecular complexity index is 946. The second-order valence-electron chi connectivity index (χ2n) is 5.66. The first-order valence-corrected chi connectivity index (χ1v) is 7.92. The number of nitrogens with zero attached hydrogens (tertiary/aromatic N) is 3. The summed E-state index contributed by atoms with van der Waals surface area (Å²) < 4.78 is 18.5. The van der Waals surface area contributed by atoms with Crippen LogP contribution in [0.15, 0.2) is 49.1 Å². The molecule has 1 N–H and O–H groups in total. The zero-order valence-electron chi connectivity index (χ0n) is 14.4. The zero-order valence-corrected chi connectivity index (χ0v) is 14.4. The minimum Gasteiger partial charge on any atom is -0.494 e. The lowest BCUT2D eigenvalue weighted by Crippen LogP contribution is -2.16. The number of aromatic nitrogens is 3. The second-order valence-corrected chi connectivity index (χ2v) is 5.66. The Labute approximate surface area is 150 Å². The van der Waals surface area contributed by atoms with Crippen LogP contribution in [0.25, 0.3) is 11.3 Å². The standard InChI is InChI=1S/C19H17FN4O2/c1-12-5-6-21-10-14(12)8-19(25)24-18-9-16(22-11-23-18)13-3-4-15(20)17(7-13)26-2/h3-7,9-11H,8H2,1-2H3,(H,22,23,24,25). The maximum Gasteiger partial charge on any atom is 0.230 e. The number of rotatable bonds is 5. The zero-order chi connectivity index (χ0) is 18.5. The molecule has 2 heterocycles. The third kappa shape index (κ3) is 4.00. The van der Waals surface area contributed by atoms with E-state index in [1.807, 2.05) is 13.0 Å². The number of carbonyl (C=O) groups is 1. The third-order valence-corrected chi connectivity index (χ3v) is 3.88. The molecule has 0 unspecified atom stereocenters. The van der Waals surface area contributed by atoms with Crippen molar-refractivity contribution in [1.82, 2.24) is 15.0 Å². The van der Waals surface area contributed by atoms with Gasteiger partial charge in [-0.1, -0.05) is 0 Å². The van der Waals surface area contributed by atoms with Crippen LogP contribution in [0.2, 0.25) is 0 Å². The van der Waals surface area contributed by atoms with Crippen LogP contribution in [-0.2, 0) is 11.2 Å². The van der Waals surface area contributed by atoms with Crippen molar-refractivity contribution in [1.29, 1.82) is 0 Å². The number of pyridine rings is 1. The largest absolute Gasteiger partial charge is 0.494 e.